The van der Waals surface area contributed by atoms with Crippen molar-refractivity contribution < 1.29 is 0 Å². The zero-order valence-electron chi connectivity index (χ0n) is 12.8. The van der Waals surface area contributed by atoms with Crippen LogP contribution in [0.2, 0.25) is 0 Å². The third-order valence-corrected chi connectivity index (χ3v) is 4.20. The first-order valence-corrected chi connectivity index (χ1v) is 8.01. The van der Waals surface area contributed by atoms with Gasteiger partial charge in [0.15, 0.2) is 0 Å². The number of hydrogen-bond donors (Lipinski definition) is 1. The maximum absolute atomic E-state index is 4.67. The lowest BCUT2D eigenvalue weighted by Crippen LogP contribution is -2.42. The minimum absolute atomic E-state index is 0.617. The first kappa shape index (κ1) is 14.4. The maximum atomic E-state index is 4.67. The van der Waals surface area contributed by atoms with Gasteiger partial charge in [-0.05, 0) is 51.0 Å². The molecule has 1 saturated heterocycles. The summed E-state index contributed by atoms with van der Waals surface area (Å²) in [5, 5.41) is 3.64. The molecule has 2 aromatic rings. The fourth-order valence-electron chi connectivity index (χ4n) is 3.01. The molecule has 0 amide bonds. The van der Waals surface area contributed by atoms with Crippen LogP contribution in [0.4, 0.5) is 0 Å². The van der Waals surface area contributed by atoms with E-state index < -0.39 is 0 Å². The van der Waals surface area contributed by atoms with E-state index in [1.54, 1.807) is 0 Å². The second-order valence-corrected chi connectivity index (χ2v) is 5.85. The molecule has 1 aliphatic heterocycles. The Morgan fingerprint density at radius 1 is 1.19 bits per heavy atom. The Bertz CT molecular complexity index is 576. The van der Waals surface area contributed by atoms with Gasteiger partial charge in [-0.2, -0.15) is 0 Å². The van der Waals surface area contributed by atoms with Crippen LogP contribution in [0.5, 0.6) is 0 Å². The molecule has 4 heteroatoms. The van der Waals surface area contributed by atoms with Gasteiger partial charge in [0.25, 0.3) is 0 Å². The highest BCUT2D eigenvalue weighted by atomic mass is 15.1. The van der Waals surface area contributed by atoms with Crippen LogP contribution in [0.1, 0.15) is 31.9 Å². The molecule has 1 aromatic heterocycles. The first-order valence-electron chi connectivity index (χ1n) is 8.01. The SMILES string of the molecule is CCCN1CCC(NCc2cnc3ccccc3n2)CC1. The van der Waals surface area contributed by atoms with E-state index in [1.165, 1.54) is 38.9 Å². The van der Waals surface area contributed by atoms with E-state index in [9.17, 15) is 0 Å². The number of hydrogen-bond acceptors (Lipinski definition) is 4. The quantitative estimate of drug-likeness (QED) is 0.916. The zero-order chi connectivity index (χ0) is 14.5. The van der Waals surface area contributed by atoms with Crippen molar-refractivity contribution in [3.8, 4) is 0 Å². The average Bonchev–Trinajstić information content (AvgIpc) is 2.54. The van der Waals surface area contributed by atoms with Gasteiger partial charge in [0.05, 0.1) is 22.9 Å². The van der Waals surface area contributed by atoms with Crippen LogP contribution in [0.25, 0.3) is 11.0 Å². The highest BCUT2D eigenvalue weighted by molar-refractivity contribution is 5.73. The Kier molecular flexibility index (Phi) is 4.78. The van der Waals surface area contributed by atoms with Crippen LogP contribution in [-0.4, -0.2) is 40.5 Å². The summed E-state index contributed by atoms with van der Waals surface area (Å²) in [5.41, 5.74) is 2.98. The number of likely N-dealkylation sites (tertiary alicyclic amines) is 1. The van der Waals surface area contributed by atoms with Gasteiger partial charge >= 0.3 is 0 Å². The van der Waals surface area contributed by atoms with Gasteiger partial charge in [-0.3, -0.25) is 4.98 Å². The van der Waals surface area contributed by atoms with Crippen LogP contribution < -0.4 is 5.32 Å². The second kappa shape index (κ2) is 6.96. The van der Waals surface area contributed by atoms with Gasteiger partial charge in [-0.25, -0.2) is 4.98 Å². The molecule has 1 aliphatic rings. The smallest absolute Gasteiger partial charge is 0.0890 e. The molecule has 0 spiro atoms. The molecule has 2 heterocycles. The highest BCUT2D eigenvalue weighted by Gasteiger charge is 2.17. The molecule has 3 rings (SSSR count). The number of nitrogens with one attached hydrogen (secondary N) is 1. The van der Waals surface area contributed by atoms with Crippen molar-refractivity contribution in [2.45, 2.75) is 38.8 Å². The summed E-state index contributed by atoms with van der Waals surface area (Å²) in [4.78, 5) is 11.7. The standard InChI is InChI=1S/C17H24N4/c1-2-9-21-10-7-14(8-11-21)18-12-15-13-19-16-5-3-4-6-17(16)20-15/h3-6,13-14,18H,2,7-12H2,1H3. The molecule has 0 radical (unpaired) electrons. The van der Waals surface area contributed by atoms with Gasteiger partial charge in [0.2, 0.25) is 0 Å². The molecule has 0 aliphatic carbocycles. The maximum Gasteiger partial charge on any atom is 0.0890 e. The summed E-state index contributed by atoms with van der Waals surface area (Å²) >= 11 is 0. The third-order valence-electron chi connectivity index (χ3n) is 4.20. The monoisotopic (exact) mass is 284 g/mol. The van der Waals surface area contributed by atoms with Crippen molar-refractivity contribution in [1.29, 1.82) is 0 Å². The Morgan fingerprint density at radius 3 is 2.71 bits per heavy atom. The number of rotatable bonds is 5. The minimum atomic E-state index is 0.617. The fourth-order valence-corrected chi connectivity index (χ4v) is 3.01. The Hall–Kier alpha value is -1.52. The number of aromatic nitrogens is 2. The molecule has 21 heavy (non-hydrogen) atoms. The van der Waals surface area contributed by atoms with Crippen LogP contribution >= 0.6 is 0 Å². The molecule has 4 nitrogen and oxygen atoms in total. The molecular weight excluding hydrogens is 260 g/mol. The van der Waals surface area contributed by atoms with Gasteiger partial charge in [-0.15, -0.1) is 0 Å². The van der Waals surface area contributed by atoms with E-state index >= 15 is 0 Å². The van der Waals surface area contributed by atoms with Crippen molar-refractivity contribution >= 4 is 11.0 Å². The Morgan fingerprint density at radius 2 is 1.95 bits per heavy atom. The number of benzene rings is 1. The normalized spacial score (nSPS) is 17.4. The third kappa shape index (κ3) is 3.77. The summed E-state index contributed by atoms with van der Waals surface area (Å²) in [7, 11) is 0. The van der Waals surface area contributed by atoms with E-state index in [4.69, 9.17) is 0 Å². The topological polar surface area (TPSA) is 41.0 Å². The molecule has 1 aromatic carbocycles. The lowest BCUT2D eigenvalue weighted by Gasteiger charge is -2.32. The lowest BCUT2D eigenvalue weighted by molar-refractivity contribution is 0.197. The van der Waals surface area contributed by atoms with Crippen molar-refractivity contribution in [3.05, 3.63) is 36.2 Å². The lowest BCUT2D eigenvalue weighted by atomic mass is 10.0. The number of fused-ring (bicyclic) bond motifs is 1. The van der Waals surface area contributed by atoms with Gasteiger partial charge in [0, 0.05) is 12.6 Å². The zero-order valence-corrected chi connectivity index (χ0v) is 12.8. The van der Waals surface area contributed by atoms with E-state index in [2.05, 4.69) is 27.1 Å². The van der Waals surface area contributed by atoms with Crippen LogP contribution in [0, 0.1) is 0 Å². The van der Waals surface area contributed by atoms with Gasteiger partial charge < -0.3 is 10.2 Å². The predicted octanol–water partition coefficient (Wildman–Crippen LogP) is 2.59. The van der Waals surface area contributed by atoms with E-state index in [0.717, 1.165) is 23.3 Å². The van der Waals surface area contributed by atoms with E-state index in [1.807, 2.05) is 30.5 Å². The average molecular weight is 284 g/mol. The predicted molar refractivity (Wildman–Crippen MR) is 86.1 cm³/mol. The first-order chi connectivity index (χ1) is 10.3. The molecular formula is C17H24N4. The summed E-state index contributed by atoms with van der Waals surface area (Å²) in [5.74, 6) is 0. The Labute approximate surface area is 126 Å². The summed E-state index contributed by atoms with van der Waals surface area (Å²) in [6.07, 6.45) is 5.62. The number of para-hydroxylation sites is 2. The van der Waals surface area contributed by atoms with Crippen molar-refractivity contribution in [1.82, 2.24) is 20.2 Å². The fraction of sp³-hybridized carbons (Fsp3) is 0.529. The second-order valence-electron chi connectivity index (χ2n) is 5.85. The summed E-state index contributed by atoms with van der Waals surface area (Å²) < 4.78 is 0. The molecule has 1 fully saturated rings. The molecule has 0 saturated carbocycles. The van der Waals surface area contributed by atoms with Crippen LogP contribution in [0.15, 0.2) is 30.5 Å². The highest BCUT2D eigenvalue weighted by Crippen LogP contribution is 2.12. The molecule has 1 N–H and O–H groups in total. The molecule has 112 valence electrons. The van der Waals surface area contributed by atoms with E-state index in [0.29, 0.717) is 6.04 Å². The molecule has 0 unspecified atom stereocenters. The van der Waals surface area contributed by atoms with Crippen LogP contribution in [-0.2, 0) is 6.54 Å². The number of piperidine rings is 1. The summed E-state index contributed by atoms with van der Waals surface area (Å²) in [6, 6.07) is 8.65. The minimum Gasteiger partial charge on any atom is -0.308 e. The van der Waals surface area contributed by atoms with Gasteiger partial charge in [0.1, 0.15) is 0 Å². The molecule has 0 atom stereocenters. The summed E-state index contributed by atoms with van der Waals surface area (Å²) in [6.45, 7) is 6.74. The van der Waals surface area contributed by atoms with Crippen molar-refractivity contribution in [2.75, 3.05) is 19.6 Å². The molecule has 0 bridgehead atoms. The van der Waals surface area contributed by atoms with Gasteiger partial charge in [-0.1, -0.05) is 19.1 Å². The Balaban J connectivity index is 1.52. The van der Waals surface area contributed by atoms with Crippen LogP contribution in [0.3, 0.4) is 0 Å². The largest absolute Gasteiger partial charge is 0.308 e. The van der Waals surface area contributed by atoms with Crippen molar-refractivity contribution in [3.63, 3.8) is 0 Å². The van der Waals surface area contributed by atoms with E-state index in [-0.39, 0.29) is 0 Å². The van der Waals surface area contributed by atoms with Crippen molar-refractivity contribution in [2.24, 2.45) is 0 Å². The number of nitrogens with zero attached hydrogens (tertiary/aromatic N) is 3.